The van der Waals surface area contributed by atoms with Crippen LogP contribution in [0.15, 0.2) is 103 Å². The number of hydrogen-bond acceptors (Lipinski definition) is 6. The van der Waals surface area contributed by atoms with Crippen LogP contribution in [0, 0.1) is 6.92 Å². The average Bonchev–Trinajstić information content (AvgIpc) is 3.18. The van der Waals surface area contributed by atoms with Crippen molar-refractivity contribution in [2.75, 3.05) is 0 Å². The standard InChI is InChI=1S/C30H25N3O4/c1-20-15-23(11-12-25(20)37-19-21-7-3-2-4-8-21)28(34)26-27(24-10-6-14-32-17-24)33(30(36)29(26)35)18-22-9-5-13-31-16-22/h2-17,27,34H,18-19H2,1H3/t27-/m0/s1. The van der Waals surface area contributed by atoms with Crippen LogP contribution in [-0.2, 0) is 22.7 Å². The molecular weight excluding hydrogens is 466 g/mol. The summed E-state index contributed by atoms with van der Waals surface area (Å²) in [6.07, 6.45) is 6.52. The number of benzene rings is 2. The van der Waals surface area contributed by atoms with E-state index in [2.05, 4.69) is 9.97 Å². The Bertz CT molecular complexity index is 1450. The molecule has 1 atom stereocenters. The fraction of sp³-hybridized carbons (Fsp3) is 0.133. The molecule has 3 heterocycles. The van der Waals surface area contributed by atoms with E-state index in [0.717, 1.165) is 16.7 Å². The predicted octanol–water partition coefficient (Wildman–Crippen LogP) is 4.99. The maximum atomic E-state index is 13.2. The molecule has 184 valence electrons. The van der Waals surface area contributed by atoms with Gasteiger partial charge in [0.2, 0.25) is 0 Å². The third-order valence-electron chi connectivity index (χ3n) is 6.30. The third-order valence-corrected chi connectivity index (χ3v) is 6.30. The highest BCUT2D eigenvalue weighted by atomic mass is 16.5. The molecule has 1 saturated heterocycles. The van der Waals surface area contributed by atoms with E-state index in [4.69, 9.17) is 4.74 Å². The largest absolute Gasteiger partial charge is 0.507 e. The minimum atomic E-state index is -0.789. The van der Waals surface area contributed by atoms with Crippen molar-refractivity contribution in [3.63, 3.8) is 0 Å². The molecule has 7 heteroatoms. The molecule has 0 bridgehead atoms. The molecule has 1 aliphatic heterocycles. The zero-order valence-electron chi connectivity index (χ0n) is 20.2. The Hall–Kier alpha value is -4.78. The molecule has 37 heavy (non-hydrogen) atoms. The van der Waals surface area contributed by atoms with Gasteiger partial charge in [0.1, 0.15) is 18.1 Å². The van der Waals surface area contributed by atoms with E-state index in [-0.39, 0.29) is 17.9 Å². The van der Waals surface area contributed by atoms with E-state index < -0.39 is 17.7 Å². The van der Waals surface area contributed by atoms with Crippen molar-refractivity contribution < 1.29 is 19.4 Å². The first-order chi connectivity index (χ1) is 18.0. The van der Waals surface area contributed by atoms with Crippen molar-refractivity contribution in [1.29, 1.82) is 0 Å². The minimum absolute atomic E-state index is 0.0271. The predicted molar refractivity (Wildman–Crippen MR) is 138 cm³/mol. The number of nitrogens with zero attached hydrogens (tertiary/aromatic N) is 3. The number of ketones is 1. The van der Waals surface area contributed by atoms with E-state index in [1.54, 1.807) is 61.2 Å². The SMILES string of the molecule is Cc1cc(C(O)=C2C(=O)C(=O)N(Cc3cccnc3)[C@H]2c2cccnc2)ccc1OCc1ccccc1. The second kappa shape index (κ2) is 10.5. The molecule has 5 rings (SSSR count). The summed E-state index contributed by atoms with van der Waals surface area (Å²) in [7, 11) is 0. The van der Waals surface area contributed by atoms with Crippen LogP contribution in [0.2, 0.25) is 0 Å². The number of aliphatic hydroxyl groups excluding tert-OH is 1. The summed E-state index contributed by atoms with van der Waals surface area (Å²) in [5.41, 5.74) is 3.69. The molecule has 2 aromatic heterocycles. The van der Waals surface area contributed by atoms with Crippen LogP contribution in [0.1, 0.15) is 33.9 Å². The molecular formula is C30H25N3O4. The lowest BCUT2D eigenvalue weighted by Crippen LogP contribution is -2.29. The first-order valence-electron chi connectivity index (χ1n) is 11.9. The molecule has 1 N–H and O–H groups in total. The van der Waals surface area contributed by atoms with Crippen molar-refractivity contribution in [1.82, 2.24) is 14.9 Å². The maximum Gasteiger partial charge on any atom is 0.295 e. The number of rotatable bonds is 7. The molecule has 4 aromatic rings. The minimum Gasteiger partial charge on any atom is -0.507 e. The molecule has 2 aromatic carbocycles. The Kier molecular flexibility index (Phi) is 6.76. The number of carbonyl (C=O) groups is 2. The van der Waals surface area contributed by atoms with Crippen LogP contribution in [-0.4, -0.2) is 31.7 Å². The van der Waals surface area contributed by atoms with Gasteiger partial charge >= 0.3 is 0 Å². The second-order valence-electron chi connectivity index (χ2n) is 8.83. The highest BCUT2D eigenvalue weighted by molar-refractivity contribution is 6.46. The average molecular weight is 492 g/mol. The lowest BCUT2D eigenvalue weighted by atomic mass is 9.95. The zero-order chi connectivity index (χ0) is 25.8. The van der Waals surface area contributed by atoms with Gasteiger partial charge in [-0.15, -0.1) is 0 Å². The van der Waals surface area contributed by atoms with E-state index in [1.165, 1.54) is 4.90 Å². The summed E-state index contributed by atoms with van der Waals surface area (Å²) < 4.78 is 5.95. The van der Waals surface area contributed by atoms with E-state index in [9.17, 15) is 14.7 Å². The summed E-state index contributed by atoms with van der Waals surface area (Å²) >= 11 is 0. The van der Waals surface area contributed by atoms with E-state index >= 15 is 0 Å². The van der Waals surface area contributed by atoms with Gasteiger partial charge in [0.25, 0.3) is 11.7 Å². The monoisotopic (exact) mass is 491 g/mol. The number of pyridine rings is 2. The Morgan fingerprint density at radius 3 is 2.32 bits per heavy atom. The zero-order valence-corrected chi connectivity index (χ0v) is 20.2. The van der Waals surface area contributed by atoms with Gasteiger partial charge in [0, 0.05) is 36.9 Å². The van der Waals surface area contributed by atoms with Gasteiger partial charge in [-0.1, -0.05) is 42.5 Å². The number of Topliss-reactive ketones (excluding diaryl/α,β-unsaturated/α-hetero) is 1. The number of aliphatic hydroxyl groups is 1. The number of aryl methyl sites for hydroxylation is 1. The summed E-state index contributed by atoms with van der Waals surface area (Å²) in [6.45, 7) is 2.45. The van der Waals surface area contributed by atoms with Gasteiger partial charge in [-0.05, 0) is 59.5 Å². The summed E-state index contributed by atoms with van der Waals surface area (Å²) in [6, 6.07) is 21.4. The molecule has 7 nitrogen and oxygen atoms in total. The highest BCUT2D eigenvalue weighted by Crippen LogP contribution is 2.40. The molecule has 0 saturated carbocycles. The van der Waals surface area contributed by atoms with Gasteiger partial charge in [-0.3, -0.25) is 19.6 Å². The lowest BCUT2D eigenvalue weighted by Gasteiger charge is -2.25. The molecule has 1 fully saturated rings. The van der Waals surface area contributed by atoms with Gasteiger partial charge in [-0.2, -0.15) is 0 Å². The van der Waals surface area contributed by atoms with Crippen LogP contribution >= 0.6 is 0 Å². The first-order valence-corrected chi connectivity index (χ1v) is 11.9. The fourth-order valence-electron chi connectivity index (χ4n) is 4.47. The Morgan fingerprint density at radius 2 is 1.65 bits per heavy atom. The maximum absolute atomic E-state index is 13.2. The van der Waals surface area contributed by atoms with Crippen LogP contribution in [0.4, 0.5) is 0 Å². The number of likely N-dealkylation sites (tertiary alicyclic amines) is 1. The van der Waals surface area contributed by atoms with E-state index in [0.29, 0.717) is 23.5 Å². The Labute approximate surface area is 214 Å². The quantitative estimate of drug-likeness (QED) is 0.223. The number of aromatic nitrogens is 2. The smallest absolute Gasteiger partial charge is 0.295 e. The van der Waals surface area contributed by atoms with Crippen LogP contribution in [0.3, 0.4) is 0 Å². The Morgan fingerprint density at radius 1 is 0.919 bits per heavy atom. The number of hydrogen-bond donors (Lipinski definition) is 1. The highest BCUT2D eigenvalue weighted by Gasteiger charge is 2.46. The molecule has 0 radical (unpaired) electrons. The lowest BCUT2D eigenvalue weighted by molar-refractivity contribution is -0.140. The van der Waals surface area contributed by atoms with Crippen LogP contribution in [0.25, 0.3) is 5.76 Å². The number of amides is 1. The van der Waals surface area contributed by atoms with Crippen LogP contribution in [0.5, 0.6) is 5.75 Å². The van der Waals surface area contributed by atoms with Gasteiger partial charge < -0.3 is 14.7 Å². The number of carbonyl (C=O) groups excluding carboxylic acids is 2. The van der Waals surface area contributed by atoms with Crippen LogP contribution < -0.4 is 4.74 Å². The molecule has 0 spiro atoms. The van der Waals surface area contributed by atoms with Crippen molar-refractivity contribution in [2.45, 2.75) is 26.1 Å². The third kappa shape index (κ3) is 4.97. The van der Waals surface area contributed by atoms with Gasteiger partial charge in [0.05, 0.1) is 11.6 Å². The topological polar surface area (TPSA) is 92.6 Å². The fourth-order valence-corrected chi connectivity index (χ4v) is 4.47. The first kappa shape index (κ1) is 23.9. The number of ether oxygens (including phenoxy) is 1. The van der Waals surface area contributed by atoms with E-state index in [1.807, 2.05) is 43.3 Å². The molecule has 0 unspecified atom stereocenters. The second-order valence-corrected chi connectivity index (χ2v) is 8.83. The normalized spacial score (nSPS) is 16.7. The van der Waals surface area contributed by atoms with Crippen molar-refractivity contribution in [2.24, 2.45) is 0 Å². The summed E-state index contributed by atoms with van der Waals surface area (Å²) in [5, 5.41) is 11.4. The molecule has 0 aliphatic carbocycles. The van der Waals surface area contributed by atoms with Gasteiger partial charge in [0.15, 0.2) is 0 Å². The van der Waals surface area contributed by atoms with Crippen molar-refractivity contribution >= 4 is 17.4 Å². The van der Waals surface area contributed by atoms with Crippen molar-refractivity contribution in [3.8, 4) is 5.75 Å². The summed E-state index contributed by atoms with van der Waals surface area (Å²) in [4.78, 5) is 36.1. The molecule has 1 aliphatic rings. The Balaban J connectivity index is 1.50. The molecule has 1 amide bonds. The van der Waals surface area contributed by atoms with Gasteiger partial charge in [-0.25, -0.2) is 0 Å². The van der Waals surface area contributed by atoms with Crippen molar-refractivity contribution in [3.05, 3.63) is 131 Å². The summed E-state index contributed by atoms with van der Waals surface area (Å²) in [5.74, 6) is -0.990.